The molecule has 2 rings (SSSR count). The summed E-state index contributed by atoms with van der Waals surface area (Å²) in [7, 11) is -2.96. The van der Waals surface area contributed by atoms with Crippen LogP contribution in [0.2, 0.25) is 0 Å². The van der Waals surface area contributed by atoms with E-state index in [0.717, 1.165) is 12.8 Å². The molecule has 116 valence electrons. The molecule has 2 amide bonds. The number of sulfone groups is 1. The van der Waals surface area contributed by atoms with Crippen LogP contribution in [0.1, 0.15) is 24.5 Å². The predicted octanol–water partition coefficient (Wildman–Crippen LogP) is 1.28. The zero-order valence-corrected chi connectivity index (χ0v) is 13.3. The van der Waals surface area contributed by atoms with E-state index in [9.17, 15) is 13.2 Å². The van der Waals surface area contributed by atoms with Crippen molar-refractivity contribution in [3.63, 3.8) is 0 Å². The highest BCUT2D eigenvalue weighted by molar-refractivity contribution is 7.90. The third-order valence-electron chi connectivity index (χ3n) is 3.67. The first kappa shape index (κ1) is 15.8. The van der Waals surface area contributed by atoms with Gasteiger partial charge in [-0.3, -0.25) is 0 Å². The molecule has 6 heteroatoms. The standard InChI is InChI=1S/C15H22N2O3S/c1-15(10-12-6-3-4-7-13(12)11-15)17-14(18)16-8-5-9-21(2,19)20/h3-4,6-7H,5,8-11H2,1-2H3,(H2,16,17,18). The summed E-state index contributed by atoms with van der Waals surface area (Å²) in [4.78, 5) is 11.9. The van der Waals surface area contributed by atoms with E-state index in [1.165, 1.54) is 17.4 Å². The van der Waals surface area contributed by atoms with Gasteiger partial charge in [-0.2, -0.15) is 0 Å². The zero-order valence-electron chi connectivity index (χ0n) is 12.5. The largest absolute Gasteiger partial charge is 0.338 e. The van der Waals surface area contributed by atoms with Crippen LogP contribution in [0.3, 0.4) is 0 Å². The van der Waals surface area contributed by atoms with Crippen LogP contribution < -0.4 is 10.6 Å². The van der Waals surface area contributed by atoms with Gasteiger partial charge in [0, 0.05) is 18.3 Å². The maximum Gasteiger partial charge on any atom is 0.315 e. The fraction of sp³-hybridized carbons (Fsp3) is 0.533. The van der Waals surface area contributed by atoms with Crippen LogP contribution in [0, 0.1) is 0 Å². The summed E-state index contributed by atoms with van der Waals surface area (Å²) in [5.41, 5.74) is 2.28. The highest BCUT2D eigenvalue weighted by Crippen LogP contribution is 2.29. The molecule has 1 aromatic carbocycles. The van der Waals surface area contributed by atoms with Crippen molar-refractivity contribution in [2.75, 3.05) is 18.6 Å². The monoisotopic (exact) mass is 310 g/mol. The SMILES string of the molecule is CC1(NC(=O)NCCCS(C)(=O)=O)Cc2ccccc2C1. The second-order valence-corrected chi connectivity index (χ2v) is 8.31. The van der Waals surface area contributed by atoms with E-state index < -0.39 is 9.84 Å². The molecule has 21 heavy (non-hydrogen) atoms. The molecule has 2 N–H and O–H groups in total. The van der Waals surface area contributed by atoms with E-state index in [4.69, 9.17) is 0 Å². The smallest absolute Gasteiger partial charge is 0.315 e. The third-order valence-corrected chi connectivity index (χ3v) is 4.70. The van der Waals surface area contributed by atoms with Gasteiger partial charge < -0.3 is 10.6 Å². The van der Waals surface area contributed by atoms with Crippen molar-refractivity contribution in [1.82, 2.24) is 10.6 Å². The van der Waals surface area contributed by atoms with Gasteiger partial charge in [-0.1, -0.05) is 24.3 Å². The fourth-order valence-corrected chi connectivity index (χ4v) is 3.42. The predicted molar refractivity (Wildman–Crippen MR) is 83.1 cm³/mol. The Balaban J connectivity index is 1.79. The van der Waals surface area contributed by atoms with E-state index in [-0.39, 0.29) is 17.3 Å². The maximum absolute atomic E-state index is 11.9. The molecule has 1 aliphatic rings. The average Bonchev–Trinajstić information content (AvgIpc) is 2.69. The number of carbonyl (C=O) groups excluding carboxylic acids is 1. The van der Waals surface area contributed by atoms with Crippen LogP contribution in [-0.2, 0) is 22.7 Å². The number of fused-ring (bicyclic) bond motifs is 1. The Morgan fingerprint density at radius 2 is 1.81 bits per heavy atom. The van der Waals surface area contributed by atoms with Gasteiger partial charge in [-0.05, 0) is 37.3 Å². The zero-order chi connectivity index (χ0) is 15.5. The molecule has 0 saturated heterocycles. The van der Waals surface area contributed by atoms with Gasteiger partial charge in [-0.25, -0.2) is 13.2 Å². The maximum atomic E-state index is 11.9. The summed E-state index contributed by atoms with van der Waals surface area (Å²) >= 11 is 0. The number of amides is 2. The molecule has 0 saturated carbocycles. The van der Waals surface area contributed by atoms with Crippen molar-refractivity contribution >= 4 is 15.9 Å². The van der Waals surface area contributed by atoms with Crippen LogP contribution in [0.15, 0.2) is 24.3 Å². The molecule has 0 unspecified atom stereocenters. The van der Waals surface area contributed by atoms with E-state index in [0.29, 0.717) is 13.0 Å². The molecule has 0 fully saturated rings. The number of nitrogens with one attached hydrogen (secondary N) is 2. The van der Waals surface area contributed by atoms with E-state index >= 15 is 0 Å². The van der Waals surface area contributed by atoms with Crippen LogP contribution in [0.4, 0.5) is 4.79 Å². The second kappa shape index (κ2) is 6.05. The van der Waals surface area contributed by atoms with Crippen molar-refractivity contribution < 1.29 is 13.2 Å². The van der Waals surface area contributed by atoms with Crippen LogP contribution in [-0.4, -0.2) is 38.5 Å². The van der Waals surface area contributed by atoms with Crippen molar-refractivity contribution in [2.45, 2.75) is 31.7 Å². The quantitative estimate of drug-likeness (QED) is 0.804. The molecular formula is C15H22N2O3S. The molecule has 0 atom stereocenters. The molecule has 0 spiro atoms. The lowest BCUT2D eigenvalue weighted by atomic mass is 9.99. The molecule has 1 aliphatic carbocycles. The minimum atomic E-state index is -2.96. The minimum absolute atomic E-state index is 0.0932. The van der Waals surface area contributed by atoms with Crippen molar-refractivity contribution in [2.24, 2.45) is 0 Å². The molecule has 0 radical (unpaired) electrons. The molecule has 0 bridgehead atoms. The third kappa shape index (κ3) is 4.74. The lowest BCUT2D eigenvalue weighted by Crippen LogP contribution is -2.51. The Bertz CT molecular complexity index is 601. The summed E-state index contributed by atoms with van der Waals surface area (Å²) in [6.07, 6.45) is 3.27. The molecule has 0 aromatic heterocycles. The van der Waals surface area contributed by atoms with Crippen molar-refractivity contribution in [3.05, 3.63) is 35.4 Å². The Morgan fingerprint density at radius 1 is 1.24 bits per heavy atom. The summed E-state index contributed by atoms with van der Waals surface area (Å²) in [6.45, 7) is 2.39. The van der Waals surface area contributed by atoms with Crippen molar-refractivity contribution in [3.8, 4) is 0 Å². The first-order chi connectivity index (χ1) is 9.77. The average molecular weight is 310 g/mol. The number of benzene rings is 1. The van der Waals surface area contributed by atoms with Gasteiger partial charge in [-0.15, -0.1) is 0 Å². The summed E-state index contributed by atoms with van der Waals surface area (Å²) < 4.78 is 22.0. The summed E-state index contributed by atoms with van der Waals surface area (Å²) in [5, 5.41) is 5.72. The normalized spacial score (nSPS) is 16.3. The van der Waals surface area contributed by atoms with E-state index in [1.807, 2.05) is 19.1 Å². The minimum Gasteiger partial charge on any atom is -0.338 e. The van der Waals surface area contributed by atoms with Gasteiger partial charge in [0.1, 0.15) is 9.84 Å². The highest BCUT2D eigenvalue weighted by atomic mass is 32.2. The molecular weight excluding hydrogens is 288 g/mol. The van der Waals surface area contributed by atoms with Crippen LogP contribution in [0.25, 0.3) is 0 Å². The number of urea groups is 1. The molecule has 0 heterocycles. The second-order valence-electron chi connectivity index (χ2n) is 6.05. The van der Waals surface area contributed by atoms with Gasteiger partial charge >= 0.3 is 6.03 Å². The lowest BCUT2D eigenvalue weighted by molar-refractivity contribution is 0.228. The van der Waals surface area contributed by atoms with Gasteiger partial charge in [0.05, 0.1) is 5.75 Å². The fourth-order valence-electron chi connectivity index (χ4n) is 2.75. The molecule has 0 aliphatic heterocycles. The highest BCUT2D eigenvalue weighted by Gasteiger charge is 2.33. The first-order valence-electron chi connectivity index (χ1n) is 7.08. The number of hydrogen-bond acceptors (Lipinski definition) is 3. The van der Waals surface area contributed by atoms with Crippen molar-refractivity contribution in [1.29, 1.82) is 0 Å². The van der Waals surface area contributed by atoms with E-state index in [1.54, 1.807) is 0 Å². The lowest BCUT2D eigenvalue weighted by Gasteiger charge is -2.25. The number of hydrogen-bond donors (Lipinski definition) is 2. The number of rotatable bonds is 5. The summed E-state index contributed by atoms with van der Waals surface area (Å²) in [6, 6.07) is 7.96. The van der Waals surface area contributed by atoms with Gasteiger partial charge in [0.15, 0.2) is 0 Å². The Kier molecular flexibility index (Phi) is 4.56. The van der Waals surface area contributed by atoms with Crippen LogP contribution in [0.5, 0.6) is 0 Å². The Labute approximate surface area is 126 Å². The molecule has 5 nitrogen and oxygen atoms in total. The van der Waals surface area contributed by atoms with E-state index in [2.05, 4.69) is 22.8 Å². The number of carbonyl (C=O) groups is 1. The Hall–Kier alpha value is -1.56. The molecule has 1 aromatic rings. The summed E-state index contributed by atoms with van der Waals surface area (Å²) in [5.74, 6) is 0.0932. The Morgan fingerprint density at radius 3 is 2.33 bits per heavy atom. The van der Waals surface area contributed by atoms with Gasteiger partial charge in [0.2, 0.25) is 0 Å². The van der Waals surface area contributed by atoms with Gasteiger partial charge in [0.25, 0.3) is 0 Å². The topological polar surface area (TPSA) is 75.3 Å². The first-order valence-corrected chi connectivity index (χ1v) is 9.14. The van der Waals surface area contributed by atoms with Crippen LogP contribution >= 0.6 is 0 Å².